The normalized spacial score (nSPS) is 16.1. The van der Waals surface area contributed by atoms with Crippen molar-refractivity contribution in [1.29, 1.82) is 0 Å². The van der Waals surface area contributed by atoms with Crippen molar-refractivity contribution in [3.63, 3.8) is 0 Å². The van der Waals surface area contributed by atoms with E-state index in [9.17, 15) is 5.11 Å². The van der Waals surface area contributed by atoms with Gasteiger partial charge in [-0.1, -0.05) is 6.07 Å². The second-order valence-electron chi connectivity index (χ2n) is 6.52. The fourth-order valence-electron chi connectivity index (χ4n) is 3.41. The third-order valence-corrected chi connectivity index (χ3v) is 4.76. The Labute approximate surface area is 154 Å². The summed E-state index contributed by atoms with van der Waals surface area (Å²) in [7, 11) is 0. The van der Waals surface area contributed by atoms with Gasteiger partial charge in [-0.3, -0.25) is 4.98 Å². The number of furan rings is 1. The molecule has 0 fully saturated rings. The average Bonchev–Trinajstić information content (AvgIpc) is 3.22. The number of aryl methyl sites for hydroxylation is 1. The van der Waals surface area contributed by atoms with E-state index in [1.807, 2.05) is 43.3 Å². The van der Waals surface area contributed by atoms with Crippen LogP contribution in [-0.4, -0.2) is 19.9 Å². The van der Waals surface area contributed by atoms with Crippen LogP contribution in [0.5, 0.6) is 0 Å². The van der Waals surface area contributed by atoms with E-state index in [-0.39, 0.29) is 0 Å². The third kappa shape index (κ3) is 2.40. The van der Waals surface area contributed by atoms with E-state index in [4.69, 9.17) is 10.2 Å². The summed E-state index contributed by atoms with van der Waals surface area (Å²) in [6, 6.07) is 11.5. The number of nitrogens with two attached hydrogens (primary N) is 1. The molecule has 134 valence electrons. The molecule has 0 aliphatic carbocycles. The number of anilines is 2. The van der Waals surface area contributed by atoms with Crippen LogP contribution in [0.3, 0.4) is 0 Å². The zero-order valence-corrected chi connectivity index (χ0v) is 14.5. The molecule has 0 radical (unpaired) electrons. The van der Waals surface area contributed by atoms with Crippen LogP contribution in [0.1, 0.15) is 17.4 Å². The number of fused-ring (bicyclic) bond motifs is 2. The van der Waals surface area contributed by atoms with E-state index in [1.165, 1.54) is 4.68 Å². The molecule has 1 aromatic carbocycles. The number of aliphatic hydroxyl groups is 1. The van der Waals surface area contributed by atoms with Crippen LogP contribution in [0.2, 0.25) is 0 Å². The Hall–Kier alpha value is -3.58. The molecule has 7 nitrogen and oxygen atoms in total. The fourth-order valence-corrected chi connectivity index (χ4v) is 3.41. The van der Waals surface area contributed by atoms with Gasteiger partial charge in [0.05, 0.1) is 17.5 Å². The maximum atomic E-state index is 10.6. The van der Waals surface area contributed by atoms with Gasteiger partial charge in [0.2, 0.25) is 0 Å². The first-order valence-corrected chi connectivity index (χ1v) is 8.56. The first-order valence-electron chi connectivity index (χ1n) is 8.56. The van der Waals surface area contributed by atoms with Gasteiger partial charge in [0, 0.05) is 17.3 Å². The van der Waals surface area contributed by atoms with Crippen molar-refractivity contribution in [2.75, 3.05) is 11.1 Å². The lowest BCUT2D eigenvalue weighted by atomic mass is 10.1. The molecule has 0 saturated heterocycles. The number of rotatable bonds is 2. The molecule has 4 heterocycles. The van der Waals surface area contributed by atoms with Gasteiger partial charge in [-0.15, -0.1) is 0 Å². The maximum Gasteiger partial charge on any atom is 0.170 e. The van der Waals surface area contributed by atoms with Gasteiger partial charge in [0.15, 0.2) is 12.0 Å². The van der Waals surface area contributed by atoms with Crippen LogP contribution in [0.25, 0.3) is 27.9 Å². The van der Waals surface area contributed by atoms with Crippen molar-refractivity contribution < 1.29 is 9.52 Å². The van der Waals surface area contributed by atoms with E-state index in [0.717, 1.165) is 27.8 Å². The molecule has 1 unspecified atom stereocenters. The van der Waals surface area contributed by atoms with Crippen molar-refractivity contribution in [2.45, 2.75) is 13.2 Å². The Morgan fingerprint density at radius 2 is 2.15 bits per heavy atom. The summed E-state index contributed by atoms with van der Waals surface area (Å²) >= 11 is 0. The zero-order valence-electron chi connectivity index (χ0n) is 14.5. The van der Waals surface area contributed by atoms with E-state index in [1.54, 1.807) is 18.5 Å². The summed E-state index contributed by atoms with van der Waals surface area (Å²) in [6.07, 6.45) is 4.21. The van der Waals surface area contributed by atoms with E-state index in [0.29, 0.717) is 22.9 Å². The molecule has 4 aromatic rings. The quantitative estimate of drug-likeness (QED) is 0.506. The van der Waals surface area contributed by atoms with Crippen LogP contribution >= 0.6 is 0 Å². The molecule has 0 saturated carbocycles. The van der Waals surface area contributed by atoms with Gasteiger partial charge < -0.3 is 20.6 Å². The maximum absolute atomic E-state index is 10.6. The Morgan fingerprint density at radius 1 is 1.26 bits per heavy atom. The number of hydrogen-bond donors (Lipinski definition) is 3. The van der Waals surface area contributed by atoms with Crippen molar-refractivity contribution in [3.05, 3.63) is 66.1 Å². The van der Waals surface area contributed by atoms with Crippen molar-refractivity contribution in [3.8, 4) is 11.3 Å². The largest absolute Gasteiger partial charge is 0.464 e. The highest BCUT2D eigenvalue weighted by atomic mass is 16.3. The van der Waals surface area contributed by atoms with Crippen LogP contribution < -0.4 is 11.1 Å². The topological polar surface area (TPSA) is 102 Å². The third-order valence-electron chi connectivity index (χ3n) is 4.76. The minimum Gasteiger partial charge on any atom is -0.464 e. The van der Waals surface area contributed by atoms with Crippen molar-refractivity contribution in [1.82, 2.24) is 14.8 Å². The minimum atomic E-state index is -0.933. The molecule has 5 rings (SSSR count). The summed E-state index contributed by atoms with van der Waals surface area (Å²) in [6.45, 7) is 2.00. The van der Waals surface area contributed by atoms with Gasteiger partial charge in [-0.2, -0.15) is 5.10 Å². The summed E-state index contributed by atoms with van der Waals surface area (Å²) in [4.78, 5) is 4.37. The minimum absolute atomic E-state index is 0.311. The number of nitrogens with one attached hydrogen (secondary N) is 1. The summed E-state index contributed by atoms with van der Waals surface area (Å²) < 4.78 is 6.98. The second-order valence-corrected chi connectivity index (χ2v) is 6.52. The first-order chi connectivity index (χ1) is 13.1. The smallest absolute Gasteiger partial charge is 0.170 e. The number of benzene rings is 1. The predicted octanol–water partition coefficient (Wildman–Crippen LogP) is 3.54. The lowest BCUT2D eigenvalue weighted by molar-refractivity contribution is 0.141. The molecule has 0 amide bonds. The number of aliphatic hydroxyl groups excluding tert-OH is 1. The summed E-state index contributed by atoms with van der Waals surface area (Å²) in [5.74, 6) is 0.922. The lowest BCUT2D eigenvalue weighted by Crippen LogP contribution is -2.18. The molecule has 1 atom stereocenters. The molecular formula is C20H17N5O2. The highest BCUT2D eigenvalue weighted by Crippen LogP contribution is 2.39. The Kier molecular flexibility index (Phi) is 3.32. The molecule has 27 heavy (non-hydrogen) atoms. The predicted molar refractivity (Wildman–Crippen MR) is 104 cm³/mol. The van der Waals surface area contributed by atoms with Gasteiger partial charge >= 0.3 is 0 Å². The summed E-state index contributed by atoms with van der Waals surface area (Å²) in [5.41, 5.74) is 11.1. The number of pyridine rings is 1. The van der Waals surface area contributed by atoms with Gasteiger partial charge in [0.1, 0.15) is 11.4 Å². The van der Waals surface area contributed by atoms with Crippen LogP contribution in [0, 0.1) is 6.92 Å². The van der Waals surface area contributed by atoms with Crippen LogP contribution in [-0.2, 0) is 0 Å². The number of nitrogen functional groups attached to an aromatic ring is 1. The number of hydrogen-bond acceptors (Lipinski definition) is 6. The van der Waals surface area contributed by atoms with Gasteiger partial charge in [-0.25, -0.2) is 4.68 Å². The highest BCUT2D eigenvalue weighted by molar-refractivity contribution is 5.92. The van der Waals surface area contributed by atoms with E-state index in [2.05, 4.69) is 15.4 Å². The monoisotopic (exact) mass is 359 g/mol. The summed E-state index contributed by atoms with van der Waals surface area (Å²) in [5, 5.41) is 19.3. The van der Waals surface area contributed by atoms with Gasteiger partial charge in [-0.05, 0) is 54.5 Å². The molecule has 1 aliphatic rings. The first kappa shape index (κ1) is 15.7. The fraction of sp³-hybridized carbons (Fsp3) is 0.100. The van der Waals surface area contributed by atoms with Crippen molar-refractivity contribution in [2.24, 2.45) is 0 Å². The lowest BCUT2D eigenvalue weighted by Gasteiger charge is -2.22. The average molecular weight is 359 g/mol. The Morgan fingerprint density at radius 3 is 2.96 bits per heavy atom. The molecule has 4 N–H and O–H groups in total. The standard InChI is InChI=1S/C20H17N5O2/c1-11-10-27-16-6-5-12(8-13(11)16)15-9-17(26)25-20(23-15)18(19(21)24-25)14-4-2-3-7-22-14/h2-10,17,23,26H,1H3,(H2,21,24). The molecule has 0 bridgehead atoms. The van der Waals surface area contributed by atoms with Gasteiger partial charge in [0.25, 0.3) is 0 Å². The van der Waals surface area contributed by atoms with E-state index >= 15 is 0 Å². The van der Waals surface area contributed by atoms with Crippen LogP contribution in [0.4, 0.5) is 11.6 Å². The van der Waals surface area contributed by atoms with E-state index < -0.39 is 6.23 Å². The second kappa shape index (κ2) is 5.72. The number of nitrogens with zero attached hydrogens (tertiary/aromatic N) is 3. The molecule has 3 aromatic heterocycles. The van der Waals surface area contributed by atoms with Crippen LogP contribution in [0.15, 0.2) is 59.4 Å². The Bertz CT molecular complexity index is 1190. The molecule has 7 heteroatoms. The SMILES string of the molecule is Cc1coc2ccc(C3=CC(O)n4nc(N)c(-c5ccccn5)c4N3)cc12. The zero-order chi connectivity index (χ0) is 18.5. The van der Waals surface area contributed by atoms with Crippen molar-refractivity contribution >= 4 is 28.3 Å². The highest BCUT2D eigenvalue weighted by Gasteiger charge is 2.26. The molecule has 1 aliphatic heterocycles. The number of aromatic nitrogens is 3. The Balaban J connectivity index is 1.62. The molecular weight excluding hydrogens is 342 g/mol. The molecule has 0 spiro atoms.